The lowest BCUT2D eigenvalue weighted by atomic mass is 10.1. The fourth-order valence-electron chi connectivity index (χ4n) is 2.21. The predicted octanol–water partition coefficient (Wildman–Crippen LogP) is 3.40. The number of rotatable bonds is 5. The quantitative estimate of drug-likeness (QED) is 0.674. The molecular formula is C17H17N3O2. The van der Waals surface area contributed by atoms with Gasteiger partial charge in [-0.05, 0) is 30.3 Å². The molecule has 2 aromatic carbocycles. The number of aromatic hydroxyl groups is 1. The Hall–Kier alpha value is -2.95. The Labute approximate surface area is 128 Å². The van der Waals surface area contributed by atoms with Crippen LogP contribution in [0, 0.1) is 0 Å². The first kappa shape index (κ1) is 14.0. The summed E-state index contributed by atoms with van der Waals surface area (Å²) in [7, 11) is 1.65. The van der Waals surface area contributed by atoms with E-state index in [1.165, 1.54) is 0 Å². The largest absolute Gasteiger partial charge is 0.507 e. The summed E-state index contributed by atoms with van der Waals surface area (Å²) in [5, 5.41) is 20.4. The number of hydrogen-bond donors (Lipinski definition) is 3. The molecule has 22 heavy (non-hydrogen) atoms. The van der Waals surface area contributed by atoms with Gasteiger partial charge in [-0.3, -0.25) is 5.10 Å². The van der Waals surface area contributed by atoms with Crippen molar-refractivity contribution in [3.63, 3.8) is 0 Å². The molecule has 0 saturated carbocycles. The molecule has 0 spiro atoms. The van der Waals surface area contributed by atoms with Crippen LogP contribution >= 0.6 is 0 Å². The lowest BCUT2D eigenvalue weighted by molar-refractivity contribution is 0.415. The van der Waals surface area contributed by atoms with Gasteiger partial charge in [-0.1, -0.05) is 18.2 Å². The highest BCUT2D eigenvalue weighted by Crippen LogP contribution is 2.27. The van der Waals surface area contributed by atoms with Gasteiger partial charge in [-0.15, -0.1) is 0 Å². The summed E-state index contributed by atoms with van der Waals surface area (Å²) in [5.74, 6) is 1.03. The summed E-state index contributed by atoms with van der Waals surface area (Å²) in [4.78, 5) is 0. The maximum atomic E-state index is 9.86. The van der Waals surface area contributed by atoms with Gasteiger partial charge in [0.1, 0.15) is 11.5 Å². The summed E-state index contributed by atoms with van der Waals surface area (Å²) in [6.45, 7) is 0.605. The van der Waals surface area contributed by atoms with E-state index >= 15 is 0 Å². The molecule has 0 atom stereocenters. The molecule has 0 unspecified atom stereocenters. The van der Waals surface area contributed by atoms with Crippen molar-refractivity contribution in [3.8, 4) is 22.8 Å². The van der Waals surface area contributed by atoms with Crippen molar-refractivity contribution in [2.75, 3.05) is 12.4 Å². The van der Waals surface area contributed by atoms with Gasteiger partial charge < -0.3 is 15.2 Å². The minimum Gasteiger partial charge on any atom is -0.507 e. The fourth-order valence-corrected chi connectivity index (χ4v) is 2.21. The highest BCUT2D eigenvalue weighted by Gasteiger charge is 2.07. The van der Waals surface area contributed by atoms with Crippen LogP contribution in [0.15, 0.2) is 54.6 Å². The van der Waals surface area contributed by atoms with Crippen molar-refractivity contribution in [1.82, 2.24) is 10.2 Å². The topological polar surface area (TPSA) is 70.2 Å². The number of hydrogen-bond acceptors (Lipinski definition) is 4. The van der Waals surface area contributed by atoms with Gasteiger partial charge in [0.05, 0.1) is 25.0 Å². The van der Waals surface area contributed by atoms with Gasteiger partial charge >= 0.3 is 0 Å². The number of aromatic nitrogens is 2. The van der Waals surface area contributed by atoms with Crippen LogP contribution in [0.1, 0.15) is 5.69 Å². The van der Waals surface area contributed by atoms with Crippen LogP contribution in [0.2, 0.25) is 0 Å². The molecule has 1 aromatic heterocycles. The number of phenolic OH excluding ortho intramolecular Hbond substituents is 1. The molecule has 3 aromatic rings. The SMILES string of the molecule is COc1cccc(NCc2cc(-c3ccccc3O)n[nH]2)c1. The van der Waals surface area contributed by atoms with Crippen LogP contribution in [0.25, 0.3) is 11.3 Å². The number of aromatic amines is 1. The van der Waals surface area contributed by atoms with Crippen LogP contribution in [0.5, 0.6) is 11.5 Å². The van der Waals surface area contributed by atoms with Crippen molar-refractivity contribution in [2.45, 2.75) is 6.54 Å². The first-order chi connectivity index (χ1) is 10.8. The molecule has 0 saturated heterocycles. The van der Waals surface area contributed by atoms with Crippen molar-refractivity contribution in [3.05, 3.63) is 60.3 Å². The summed E-state index contributed by atoms with van der Waals surface area (Å²) in [6.07, 6.45) is 0. The molecule has 0 bridgehead atoms. The summed E-state index contributed by atoms with van der Waals surface area (Å²) in [6, 6.07) is 16.8. The van der Waals surface area contributed by atoms with Gasteiger partial charge in [0.15, 0.2) is 0 Å². The van der Waals surface area contributed by atoms with Crippen molar-refractivity contribution < 1.29 is 9.84 Å². The van der Waals surface area contributed by atoms with Crippen molar-refractivity contribution in [2.24, 2.45) is 0 Å². The van der Waals surface area contributed by atoms with Crippen LogP contribution in [-0.4, -0.2) is 22.4 Å². The molecular weight excluding hydrogens is 278 g/mol. The van der Waals surface area contributed by atoms with Gasteiger partial charge in [0.25, 0.3) is 0 Å². The molecule has 3 N–H and O–H groups in total. The molecule has 0 amide bonds. The monoisotopic (exact) mass is 295 g/mol. The molecule has 1 heterocycles. The van der Waals surface area contributed by atoms with Crippen LogP contribution in [0.3, 0.4) is 0 Å². The number of benzene rings is 2. The minimum absolute atomic E-state index is 0.223. The first-order valence-corrected chi connectivity index (χ1v) is 6.97. The van der Waals surface area contributed by atoms with Gasteiger partial charge in [-0.2, -0.15) is 5.10 Å². The van der Waals surface area contributed by atoms with Gasteiger partial charge in [0.2, 0.25) is 0 Å². The van der Waals surface area contributed by atoms with Crippen LogP contribution in [-0.2, 0) is 6.54 Å². The van der Waals surface area contributed by atoms with E-state index in [1.54, 1.807) is 19.2 Å². The van der Waals surface area contributed by atoms with E-state index in [2.05, 4.69) is 15.5 Å². The first-order valence-electron chi connectivity index (χ1n) is 6.97. The maximum absolute atomic E-state index is 9.86. The van der Waals surface area contributed by atoms with Crippen LogP contribution in [0.4, 0.5) is 5.69 Å². The lowest BCUT2D eigenvalue weighted by Crippen LogP contribution is -1.99. The molecule has 3 rings (SSSR count). The fraction of sp³-hybridized carbons (Fsp3) is 0.118. The zero-order valence-corrected chi connectivity index (χ0v) is 12.2. The number of anilines is 1. The highest BCUT2D eigenvalue weighted by molar-refractivity contribution is 5.66. The molecule has 0 radical (unpaired) electrons. The van der Waals surface area contributed by atoms with Crippen LogP contribution < -0.4 is 10.1 Å². The number of phenols is 1. The highest BCUT2D eigenvalue weighted by atomic mass is 16.5. The van der Waals surface area contributed by atoms with Gasteiger partial charge in [-0.25, -0.2) is 0 Å². The maximum Gasteiger partial charge on any atom is 0.125 e. The van der Waals surface area contributed by atoms with E-state index in [0.717, 1.165) is 22.8 Å². The average Bonchev–Trinajstić information content (AvgIpc) is 3.02. The van der Waals surface area contributed by atoms with E-state index in [-0.39, 0.29) is 5.75 Å². The second-order valence-corrected chi connectivity index (χ2v) is 4.88. The Kier molecular flexibility index (Phi) is 3.96. The molecule has 0 fully saturated rings. The van der Waals surface area contributed by atoms with E-state index in [4.69, 9.17) is 4.74 Å². The number of nitrogens with one attached hydrogen (secondary N) is 2. The third-order valence-electron chi connectivity index (χ3n) is 3.36. The van der Waals surface area contributed by atoms with E-state index in [1.807, 2.05) is 42.5 Å². The number of methoxy groups -OCH3 is 1. The number of H-pyrrole nitrogens is 1. The number of ether oxygens (including phenoxy) is 1. The second-order valence-electron chi connectivity index (χ2n) is 4.88. The molecule has 112 valence electrons. The Morgan fingerprint density at radius 3 is 2.82 bits per heavy atom. The molecule has 0 aliphatic carbocycles. The predicted molar refractivity (Wildman–Crippen MR) is 86.0 cm³/mol. The van der Waals surface area contributed by atoms with Crippen molar-refractivity contribution >= 4 is 5.69 Å². The Morgan fingerprint density at radius 2 is 2.00 bits per heavy atom. The average molecular weight is 295 g/mol. The number of para-hydroxylation sites is 1. The standard InChI is InChI=1S/C17H17N3O2/c1-22-14-6-4-5-12(9-14)18-11-13-10-16(20-19-13)15-7-2-3-8-17(15)21/h2-10,18,21H,11H2,1H3,(H,19,20). The zero-order chi connectivity index (χ0) is 15.4. The third kappa shape index (κ3) is 3.03. The lowest BCUT2D eigenvalue weighted by Gasteiger charge is -2.06. The third-order valence-corrected chi connectivity index (χ3v) is 3.36. The van der Waals surface area contributed by atoms with Gasteiger partial charge in [0, 0.05) is 17.3 Å². The van der Waals surface area contributed by atoms with E-state index in [9.17, 15) is 5.11 Å². The number of nitrogens with zero attached hydrogens (tertiary/aromatic N) is 1. The van der Waals surface area contributed by atoms with E-state index in [0.29, 0.717) is 12.1 Å². The summed E-state index contributed by atoms with van der Waals surface area (Å²) < 4.78 is 5.19. The Morgan fingerprint density at radius 1 is 1.14 bits per heavy atom. The van der Waals surface area contributed by atoms with E-state index < -0.39 is 0 Å². The molecule has 0 aliphatic rings. The smallest absolute Gasteiger partial charge is 0.125 e. The second kappa shape index (κ2) is 6.22. The Bertz CT molecular complexity index is 768. The molecule has 5 heteroatoms. The van der Waals surface area contributed by atoms with Crippen molar-refractivity contribution in [1.29, 1.82) is 0 Å². The molecule has 0 aliphatic heterocycles. The summed E-state index contributed by atoms with van der Waals surface area (Å²) in [5.41, 5.74) is 3.34. The minimum atomic E-state index is 0.223. The summed E-state index contributed by atoms with van der Waals surface area (Å²) >= 11 is 0. The zero-order valence-electron chi connectivity index (χ0n) is 12.2. The normalized spacial score (nSPS) is 10.4. The Balaban J connectivity index is 1.71. The molecule has 5 nitrogen and oxygen atoms in total.